The molecule has 0 nitrogen and oxygen atoms in total. The maximum absolute atomic E-state index is 2.08. The predicted octanol–water partition coefficient (Wildman–Crippen LogP) is 3.28. The molecule has 1 rings (SSSR count). The molecule has 0 radical (unpaired) electrons. The van der Waals surface area contributed by atoms with E-state index in [-0.39, 0.29) is 0 Å². The van der Waals surface area contributed by atoms with Crippen LogP contribution in [-0.2, 0) is 0 Å². The first kappa shape index (κ1) is 7.80. The van der Waals surface area contributed by atoms with E-state index < -0.39 is 0 Å². The Balaban J connectivity index is 2.64. The second-order valence-corrected chi connectivity index (χ2v) is 2.30. The van der Waals surface area contributed by atoms with Gasteiger partial charge in [0.1, 0.15) is 0 Å². The number of allylic oxidation sites excluding steroid dienone is 3. The highest BCUT2D eigenvalue weighted by atomic mass is 13.8. The highest BCUT2D eigenvalue weighted by Gasteiger charge is 1.78. The van der Waals surface area contributed by atoms with Crippen LogP contribution in [0.3, 0.4) is 0 Å². The zero-order valence-electron chi connectivity index (χ0n) is 6.70. The van der Waals surface area contributed by atoms with E-state index in [1.54, 1.807) is 0 Å². The van der Waals surface area contributed by atoms with Crippen LogP contribution in [0.15, 0.2) is 48.6 Å². The van der Waals surface area contributed by atoms with Crippen molar-refractivity contribution in [3.05, 3.63) is 54.1 Å². The molecule has 0 unspecified atom stereocenters. The molecule has 0 spiro atoms. The molecule has 1 aromatic rings. The van der Waals surface area contributed by atoms with Crippen molar-refractivity contribution < 1.29 is 0 Å². The normalized spacial score (nSPS) is 11.4. The third-order valence-corrected chi connectivity index (χ3v) is 1.39. The molecule has 56 valence electrons. The van der Waals surface area contributed by atoms with Crippen molar-refractivity contribution in [2.75, 3.05) is 0 Å². The van der Waals surface area contributed by atoms with E-state index in [2.05, 4.69) is 18.2 Å². The van der Waals surface area contributed by atoms with Gasteiger partial charge in [-0.25, -0.2) is 0 Å². The van der Waals surface area contributed by atoms with E-state index in [9.17, 15) is 0 Å². The Labute approximate surface area is 67.9 Å². The minimum absolute atomic E-state index is 1.24. The van der Waals surface area contributed by atoms with Crippen LogP contribution < -0.4 is 0 Å². The quantitative estimate of drug-likeness (QED) is 0.559. The molecule has 0 heterocycles. The van der Waals surface area contributed by atoms with E-state index in [4.69, 9.17) is 0 Å². The van der Waals surface area contributed by atoms with Crippen molar-refractivity contribution in [2.24, 2.45) is 0 Å². The van der Waals surface area contributed by atoms with Gasteiger partial charge in [-0.1, -0.05) is 54.6 Å². The molecular weight excluding hydrogens is 132 g/mol. The summed E-state index contributed by atoms with van der Waals surface area (Å²) in [5.41, 5.74) is 1.24. The SMILES string of the molecule is C/C=C/C=C/c1ccccc1. The highest BCUT2D eigenvalue weighted by molar-refractivity contribution is 5.50. The Kier molecular flexibility index (Phi) is 3.20. The van der Waals surface area contributed by atoms with Gasteiger partial charge in [0, 0.05) is 0 Å². The molecule has 0 amide bonds. The Morgan fingerprint density at radius 2 is 1.73 bits per heavy atom. The molecule has 11 heavy (non-hydrogen) atoms. The molecule has 0 aliphatic heterocycles. The first-order chi connectivity index (χ1) is 5.43. The van der Waals surface area contributed by atoms with Crippen LogP contribution in [0.25, 0.3) is 6.08 Å². The summed E-state index contributed by atoms with van der Waals surface area (Å²) in [4.78, 5) is 0. The first-order valence-corrected chi connectivity index (χ1v) is 3.78. The minimum atomic E-state index is 1.24. The predicted molar refractivity (Wildman–Crippen MR) is 50.3 cm³/mol. The number of hydrogen-bond acceptors (Lipinski definition) is 0. The molecule has 0 aromatic heterocycles. The standard InChI is InChI=1S/C11H12/c1-2-3-5-8-11-9-6-4-7-10-11/h2-10H,1H3/b3-2+,8-5+. The molecule has 0 aliphatic carbocycles. The van der Waals surface area contributed by atoms with Gasteiger partial charge in [0.2, 0.25) is 0 Å². The monoisotopic (exact) mass is 144 g/mol. The van der Waals surface area contributed by atoms with Crippen LogP contribution in [-0.4, -0.2) is 0 Å². The van der Waals surface area contributed by atoms with E-state index >= 15 is 0 Å². The lowest BCUT2D eigenvalue weighted by Gasteiger charge is -1.87. The summed E-state index contributed by atoms with van der Waals surface area (Å²) in [6, 6.07) is 10.3. The summed E-state index contributed by atoms with van der Waals surface area (Å²) in [5, 5.41) is 0. The number of hydrogen-bond donors (Lipinski definition) is 0. The van der Waals surface area contributed by atoms with Crippen molar-refractivity contribution in [3.63, 3.8) is 0 Å². The molecule has 0 saturated carbocycles. The van der Waals surface area contributed by atoms with Gasteiger partial charge in [-0.15, -0.1) is 0 Å². The van der Waals surface area contributed by atoms with E-state index in [0.717, 1.165) is 0 Å². The lowest BCUT2D eigenvalue weighted by atomic mass is 10.2. The van der Waals surface area contributed by atoms with Crippen molar-refractivity contribution in [3.8, 4) is 0 Å². The van der Waals surface area contributed by atoms with Gasteiger partial charge in [0.05, 0.1) is 0 Å². The Morgan fingerprint density at radius 3 is 2.36 bits per heavy atom. The Hall–Kier alpha value is -1.30. The van der Waals surface area contributed by atoms with Gasteiger partial charge in [0.15, 0.2) is 0 Å². The van der Waals surface area contributed by atoms with Gasteiger partial charge in [-0.05, 0) is 12.5 Å². The third kappa shape index (κ3) is 2.85. The van der Waals surface area contributed by atoms with Crippen molar-refractivity contribution in [1.82, 2.24) is 0 Å². The van der Waals surface area contributed by atoms with E-state index in [1.807, 2.05) is 43.4 Å². The highest BCUT2D eigenvalue weighted by Crippen LogP contribution is 2.00. The Bertz CT molecular complexity index is 242. The number of benzene rings is 1. The van der Waals surface area contributed by atoms with Crippen LogP contribution in [0.2, 0.25) is 0 Å². The molecule has 0 fully saturated rings. The van der Waals surface area contributed by atoms with Crippen LogP contribution in [0.4, 0.5) is 0 Å². The fourth-order valence-corrected chi connectivity index (χ4v) is 0.842. The average Bonchev–Trinajstić information content (AvgIpc) is 2.07. The lowest BCUT2D eigenvalue weighted by molar-refractivity contribution is 1.66. The second-order valence-electron chi connectivity index (χ2n) is 2.30. The van der Waals surface area contributed by atoms with Gasteiger partial charge >= 0.3 is 0 Å². The van der Waals surface area contributed by atoms with Gasteiger partial charge in [-0.2, -0.15) is 0 Å². The second kappa shape index (κ2) is 4.51. The molecule has 0 saturated heterocycles. The zero-order valence-corrected chi connectivity index (χ0v) is 6.70. The van der Waals surface area contributed by atoms with Gasteiger partial charge in [0.25, 0.3) is 0 Å². The maximum Gasteiger partial charge on any atom is -0.0257 e. The summed E-state index contributed by atoms with van der Waals surface area (Å²) < 4.78 is 0. The third-order valence-electron chi connectivity index (χ3n) is 1.39. The molecule has 1 aromatic carbocycles. The number of rotatable bonds is 2. The molecule has 0 aliphatic rings. The minimum Gasteiger partial charge on any atom is -0.0877 e. The van der Waals surface area contributed by atoms with Crippen LogP contribution >= 0.6 is 0 Å². The van der Waals surface area contributed by atoms with Gasteiger partial charge < -0.3 is 0 Å². The summed E-state index contributed by atoms with van der Waals surface area (Å²) >= 11 is 0. The molecule has 0 atom stereocenters. The first-order valence-electron chi connectivity index (χ1n) is 3.78. The van der Waals surface area contributed by atoms with E-state index in [1.165, 1.54) is 5.56 Å². The zero-order chi connectivity index (χ0) is 7.94. The summed E-state index contributed by atoms with van der Waals surface area (Å²) in [5.74, 6) is 0. The lowest BCUT2D eigenvalue weighted by Crippen LogP contribution is -1.66. The fraction of sp³-hybridized carbons (Fsp3) is 0.0909. The molecule has 0 bridgehead atoms. The topological polar surface area (TPSA) is 0 Å². The molecule has 0 N–H and O–H groups in total. The Morgan fingerprint density at radius 1 is 1.00 bits per heavy atom. The summed E-state index contributed by atoms with van der Waals surface area (Å²) in [6.07, 6.45) is 8.15. The van der Waals surface area contributed by atoms with Crippen LogP contribution in [0.5, 0.6) is 0 Å². The molecular formula is C11H12. The molecule has 0 heteroatoms. The maximum atomic E-state index is 2.08. The van der Waals surface area contributed by atoms with Crippen LogP contribution in [0.1, 0.15) is 12.5 Å². The van der Waals surface area contributed by atoms with E-state index in [0.29, 0.717) is 0 Å². The summed E-state index contributed by atoms with van der Waals surface area (Å²) in [6.45, 7) is 2.01. The average molecular weight is 144 g/mol. The largest absolute Gasteiger partial charge is 0.0877 e. The van der Waals surface area contributed by atoms with Gasteiger partial charge in [-0.3, -0.25) is 0 Å². The van der Waals surface area contributed by atoms with Crippen molar-refractivity contribution in [2.45, 2.75) is 6.92 Å². The fourth-order valence-electron chi connectivity index (χ4n) is 0.842. The van der Waals surface area contributed by atoms with Crippen molar-refractivity contribution >= 4 is 6.08 Å². The smallest absolute Gasteiger partial charge is 0.0257 e. The van der Waals surface area contributed by atoms with Crippen molar-refractivity contribution in [1.29, 1.82) is 0 Å². The van der Waals surface area contributed by atoms with Crippen LogP contribution in [0, 0.1) is 0 Å². The summed E-state index contributed by atoms with van der Waals surface area (Å²) in [7, 11) is 0.